The van der Waals surface area contributed by atoms with Crippen molar-refractivity contribution < 1.29 is 162 Å². The molecule has 44 heteroatoms. The summed E-state index contributed by atoms with van der Waals surface area (Å²) in [6.45, 7) is -0.136. The van der Waals surface area contributed by atoms with Gasteiger partial charge in [0.25, 0.3) is 0 Å². The Morgan fingerprint density at radius 1 is 0.538 bits per heavy atom. The molecule has 132 heavy (non-hydrogen) atoms. The van der Waals surface area contributed by atoms with Crippen molar-refractivity contribution in [2.45, 2.75) is 199 Å². The molecule has 9 heterocycles. The number of amides is 7. The summed E-state index contributed by atoms with van der Waals surface area (Å²) in [7, 11) is 0. The summed E-state index contributed by atoms with van der Waals surface area (Å²) in [5.41, 5.74) is 2.32. The fourth-order valence-corrected chi connectivity index (χ4v) is 16.7. The molecular formula is C88H95Cl2N9O33. The number of unbranched alkanes of at least 4 members (excludes halogenated alkanes) is 3. The molecule has 17 bridgehead atoms. The number of esters is 1. The quantitative estimate of drug-likeness (QED) is 0.0309. The van der Waals surface area contributed by atoms with Crippen LogP contribution in [0.5, 0.6) is 63.2 Å². The zero-order valence-corrected chi connectivity index (χ0v) is 71.4. The molecule has 42 nitrogen and oxygen atoms in total. The Hall–Kier alpha value is -12.3. The first kappa shape index (κ1) is 95.8. The van der Waals surface area contributed by atoms with Gasteiger partial charge in [-0.1, -0.05) is 79.4 Å². The van der Waals surface area contributed by atoms with Crippen molar-refractivity contribution >= 4 is 82.2 Å². The molecule has 0 unspecified atom stereocenters. The van der Waals surface area contributed by atoms with E-state index in [-0.39, 0.29) is 46.2 Å². The number of benzene rings is 7. The van der Waals surface area contributed by atoms with Crippen molar-refractivity contribution in [3.8, 4) is 74.4 Å². The maximum Gasteiger partial charge on any atom is 0.330 e. The van der Waals surface area contributed by atoms with Crippen LogP contribution in [0.2, 0.25) is 10.0 Å². The number of fused-ring (bicyclic) bond motifs is 14. The largest absolute Gasteiger partial charge is 0.508 e. The van der Waals surface area contributed by atoms with E-state index in [2.05, 4.69) is 42.5 Å². The first-order valence-electron chi connectivity index (χ1n) is 41.7. The van der Waals surface area contributed by atoms with E-state index in [0.717, 1.165) is 111 Å². The van der Waals surface area contributed by atoms with Crippen molar-refractivity contribution in [2.24, 2.45) is 5.73 Å². The lowest BCUT2D eigenvalue weighted by Gasteiger charge is -2.44. The minimum absolute atomic E-state index is 0.0267. The Labute approximate surface area is 759 Å². The average Bonchev–Trinajstić information content (AvgIpc) is 0.759. The van der Waals surface area contributed by atoms with Gasteiger partial charge in [0, 0.05) is 48.6 Å². The molecule has 3 saturated heterocycles. The Balaban J connectivity index is 1.04. The number of allylic oxidation sites excluding steroid dienone is 2. The number of aliphatic hydroxyl groups excluding tert-OH is 10. The van der Waals surface area contributed by atoms with Crippen LogP contribution in [0.4, 0.5) is 5.69 Å². The van der Waals surface area contributed by atoms with Crippen LogP contribution in [0.15, 0.2) is 127 Å². The predicted octanol–water partition coefficient (Wildman–Crippen LogP) is 1.40. The number of anilines is 1. The molecule has 0 spiro atoms. The van der Waals surface area contributed by atoms with E-state index in [9.17, 15) is 95.8 Å². The van der Waals surface area contributed by atoms with Crippen LogP contribution >= 0.6 is 23.2 Å². The second-order valence-corrected chi connectivity index (χ2v) is 33.1. The number of hydrogen-bond donors (Lipinski definition) is 24. The van der Waals surface area contributed by atoms with Crippen LogP contribution in [-0.4, -0.2) is 254 Å². The number of hydrogen-bond acceptors (Lipinski definition) is 34. The van der Waals surface area contributed by atoms with Gasteiger partial charge in [0.2, 0.25) is 47.6 Å². The van der Waals surface area contributed by atoms with Gasteiger partial charge in [-0.2, -0.15) is 0 Å². The van der Waals surface area contributed by atoms with Crippen molar-refractivity contribution in [2.75, 3.05) is 25.1 Å². The van der Waals surface area contributed by atoms with Crippen LogP contribution in [0.25, 0.3) is 11.1 Å². The predicted molar refractivity (Wildman–Crippen MR) is 454 cm³/mol. The summed E-state index contributed by atoms with van der Waals surface area (Å²) in [4.78, 5) is 138. The number of carbonyl (C=O) groups excluding carboxylic acids is 8. The number of phenolic OH excluding ortho intramolecular Hbond substituents is 4. The molecule has 16 rings (SSSR count). The lowest BCUT2D eigenvalue weighted by Crippen LogP contribution is -2.65. The topological polar surface area (TPSA) is 662 Å². The van der Waals surface area contributed by atoms with Crippen LogP contribution in [-0.2, 0) is 73.3 Å². The lowest BCUT2D eigenvalue weighted by atomic mass is 9.89. The number of carboxylic acids is 1. The van der Waals surface area contributed by atoms with Gasteiger partial charge < -0.3 is 167 Å². The third-order valence-corrected chi connectivity index (χ3v) is 23.7. The number of carbonyl (C=O) groups is 9. The zero-order chi connectivity index (χ0) is 94.7. The summed E-state index contributed by atoms with van der Waals surface area (Å²) in [5, 5.41) is 190. The number of rotatable bonds is 19. The maximum absolute atomic E-state index is 17.0. The number of halogens is 2. The zero-order valence-electron chi connectivity index (χ0n) is 69.9. The smallest absolute Gasteiger partial charge is 0.330 e. The monoisotopic (exact) mass is 1880 g/mol. The van der Waals surface area contributed by atoms with E-state index in [1.807, 2.05) is 13.0 Å². The van der Waals surface area contributed by atoms with Gasteiger partial charge >= 0.3 is 11.9 Å². The molecule has 7 aromatic rings. The number of nitrogens with two attached hydrogens (primary N) is 1. The lowest BCUT2D eigenvalue weighted by molar-refractivity contribution is -0.284. The summed E-state index contributed by atoms with van der Waals surface area (Å²) in [5.74, 6) is -18.9. The standard InChI is InChI=1S/C88H95Cl2N9O33/c1-3-4-5-6-7-8-9-10-60(108)131-78-75(114)72(111)57(31-100)127-85(78)99-67-55-26-40-27-56(67)126-52-18-14-38(24-47(52)90)77(132-87-68(92-34(2)103)73(112)70(109)58(32-101)129-87)69-84(121)97-66(86(122)123)45-29-42(105)30-54(128-88-76(115)74(113)71(110)59(33-102)130-88)61(45)44-23-37(13-15-49(44)106)63(81(118)98-69)95-83(120)65(40)96-82(119)64-39-21-41(104)28-43(22-39)124-53-25-36(12-16-50(53)107)62(91)80(117)93-48(79(116)94-64)20-35-11-17-51(125-55)46(89)19-35/h7-8,11-19,21-30,48,57-59,62-66,68-78,85,87-88,99-102,104-107,109-115H,3-6,9-10,20,31-33,91H2,1-2H3,(H,92,103)(H,93,117)(H,94,116)(H,95,120)(H,96,119)(H,97,121)(H,98,118)(H,122,123)/b8-7-/t48-,57-,58-,59-,62-,63-,64+,65-,66+,68-,69+,70-,71-,72-,73-,74+,75+,76+,77-,78-,85-,87+,88+/m1/s1. The Kier molecular flexibility index (Phi) is 29.6. The van der Waals surface area contributed by atoms with Crippen molar-refractivity contribution in [1.82, 2.24) is 37.2 Å². The van der Waals surface area contributed by atoms with E-state index in [1.54, 1.807) is 6.08 Å². The molecule has 0 radical (unpaired) electrons. The fraction of sp³-hybridized carbons (Fsp3) is 0.398. The van der Waals surface area contributed by atoms with E-state index in [1.165, 1.54) is 30.3 Å². The highest BCUT2D eigenvalue weighted by molar-refractivity contribution is 6.32. The molecule has 0 aliphatic carbocycles. The summed E-state index contributed by atoms with van der Waals surface area (Å²) >= 11 is 14.7. The summed E-state index contributed by atoms with van der Waals surface area (Å²) in [6.07, 6.45) is -24.3. The van der Waals surface area contributed by atoms with Gasteiger partial charge in [-0.05, 0) is 132 Å². The van der Waals surface area contributed by atoms with Gasteiger partial charge in [0.1, 0.15) is 155 Å². The van der Waals surface area contributed by atoms with Gasteiger partial charge in [-0.25, -0.2) is 4.79 Å². The number of aliphatic carboxylic acids is 1. The fourth-order valence-electron chi connectivity index (χ4n) is 16.3. The van der Waals surface area contributed by atoms with Crippen molar-refractivity contribution in [3.63, 3.8) is 0 Å². The number of nitrogens with one attached hydrogen (secondary N) is 8. The van der Waals surface area contributed by atoms with E-state index in [4.69, 9.17) is 71.6 Å². The first-order valence-corrected chi connectivity index (χ1v) is 42.5. The third-order valence-electron chi connectivity index (χ3n) is 23.1. The SMILES string of the molecule is CCCCC/C=C\CCC(=O)O[C@@H]1[C@@H](O)[C@H](O)[C@@H](CO)O[C@H]1Nc1c2cc3cc1Oc1ccc(cc1Cl)[C@@H](O[C@@H]1O[C@H](CO)[C@@H](O)[C@H](O)[C@H]1NC(C)=O)[C@@H]1NC(=O)[C@H](NC(=O)[C@@H]3NC(=O)[C@H]3NC(=O)[C@@H](Cc4ccc(c(Cl)c4)O2)NC(=O)[C@H](N)c2ccc(O)c(c2)Oc2cc(O)cc3c2)c2ccc(O)c(c2)-c2c(O[C@H]3O[C@H](CO)[C@@H](O)[C@H](O)[C@@H]3O)cc(O)cc2[C@@H](C(=O)O)NC1=O. The van der Waals surface area contributed by atoms with E-state index < -0.39 is 316 Å². The Bertz CT molecular complexity index is 5600. The molecule has 0 aromatic heterocycles. The number of aliphatic hydroxyl groups is 10. The van der Waals surface area contributed by atoms with Gasteiger partial charge in [-0.3, -0.25) is 38.4 Å². The van der Waals surface area contributed by atoms with Crippen LogP contribution in [0.1, 0.15) is 128 Å². The molecule has 25 N–H and O–H groups in total. The molecule has 9 aliphatic rings. The Morgan fingerprint density at radius 3 is 1.78 bits per heavy atom. The molecule has 23 atom stereocenters. The second-order valence-electron chi connectivity index (χ2n) is 32.3. The minimum Gasteiger partial charge on any atom is -0.508 e. The first-order chi connectivity index (χ1) is 63.0. The second kappa shape index (κ2) is 40.8. The number of phenols is 4. The average molecular weight is 1880 g/mol. The van der Waals surface area contributed by atoms with Gasteiger partial charge in [0.15, 0.2) is 47.7 Å². The molecule has 3 fully saturated rings. The van der Waals surface area contributed by atoms with Crippen molar-refractivity contribution in [1.29, 1.82) is 0 Å². The van der Waals surface area contributed by atoms with Crippen LogP contribution in [0, 0.1) is 0 Å². The highest BCUT2D eigenvalue weighted by atomic mass is 35.5. The normalized spacial score (nSPS) is 28.9. The van der Waals surface area contributed by atoms with Gasteiger partial charge in [-0.15, -0.1) is 0 Å². The molecule has 7 amide bonds. The minimum atomic E-state index is -2.59. The number of aromatic hydroxyl groups is 4. The molecule has 9 aliphatic heterocycles. The molecular weight excluding hydrogens is 1780 g/mol. The molecule has 704 valence electrons. The van der Waals surface area contributed by atoms with E-state index >= 15 is 24.0 Å². The molecule has 0 saturated carbocycles. The van der Waals surface area contributed by atoms with Crippen LogP contribution < -0.4 is 67.2 Å². The van der Waals surface area contributed by atoms with Crippen molar-refractivity contribution in [3.05, 3.63) is 176 Å². The Morgan fingerprint density at radius 2 is 1.12 bits per heavy atom. The van der Waals surface area contributed by atoms with Crippen LogP contribution in [0.3, 0.4) is 0 Å². The molecule has 7 aromatic carbocycles. The third kappa shape index (κ3) is 20.6. The number of carboxylic acid groups (broad SMARTS) is 1. The number of ether oxygens (including phenoxy) is 9. The van der Waals surface area contributed by atoms with Gasteiger partial charge in [0.05, 0.1) is 29.9 Å². The maximum atomic E-state index is 17.0. The highest BCUT2D eigenvalue weighted by Crippen LogP contribution is 2.50. The highest BCUT2D eigenvalue weighted by Gasteiger charge is 2.52. The van der Waals surface area contributed by atoms with E-state index in [0.29, 0.717) is 6.42 Å². The summed E-state index contributed by atoms with van der Waals surface area (Å²) in [6, 6.07) is 2.61. The summed E-state index contributed by atoms with van der Waals surface area (Å²) < 4.78 is 56.7.